The molecular weight excluding hydrogens is 272 g/mol. The maximum Gasteiger partial charge on any atom is 0.160 e. The minimum Gasteiger partial charge on any atom is -0.454 e. The highest BCUT2D eigenvalue weighted by atomic mass is 16.3. The fourth-order valence-electron chi connectivity index (χ4n) is 3.05. The van der Waals surface area contributed by atoms with Gasteiger partial charge in [0.15, 0.2) is 5.58 Å². The molecule has 0 aliphatic rings. The summed E-state index contributed by atoms with van der Waals surface area (Å²) in [6.45, 7) is 3.30. The summed E-state index contributed by atoms with van der Waals surface area (Å²) in [6, 6.07) is 12.2. The van der Waals surface area contributed by atoms with E-state index in [1.165, 1.54) is 31.4 Å². The van der Waals surface area contributed by atoms with Crippen LogP contribution in [0.2, 0.25) is 0 Å². The molecule has 116 valence electrons. The van der Waals surface area contributed by atoms with Gasteiger partial charge in [0.2, 0.25) is 0 Å². The monoisotopic (exact) mass is 296 g/mol. The lowest BCUT2D eigenvalue weighted by atomic mass is 10.1. The summed E-state index contributed by atoms with van der Waals surface area (Å²) >= 11 is 0. The zero-order valence-corrected chi connectivity index (χ0v) is 13.4. The van der Waals surface area contributed by atoms with Gasteiger partial charge in [-0.25, -0.2) is 0 Å². The first-order chi connectivity index (χ1) is 10.7. The molecule has 3 heteroatoms. The average molecular weight is 296 g/mol. The van der Waals surface area contributed by atoms with Gasteiger partial charge < -0.3 is 15.1 Å². The Morgan fingerprint density at radius 2 is 1.86 bits per heavy atom. The normalized spacial score (nSPS) is 11.4. The fraction of sp³-hybridized carbons (Fsp3) is 0.368. The van der Waals surface area contributed by atoms with Crippen LogP contribution in [0.3, 0.4) is 0 Å². The molecule has 3 aromatic rings. The van der Waals surface area contributed by atoms with Crippen LogP contribution >= 0.6 is 0 Å². The van der Waals surface area contributed by atoms with Gasteiger partial charge in [-0.2, -0.15) is 0 Å². The molecule has 0 radical (unpaired) electrons. The van der Waals surface area contributed by atoms with Crippen LogP contribution in [0.4, 0.5) is 11.4 Å². The third-order valence-electron chi connectivity index (χ3n) is 4.29. The Bertz CT molecular complexity index is 776. The quantitative estimate of drug-likeness (QED) is 0.503. The molecule has 0 spiro atoms. The molecule has 0 saturated heterocycles. The third-order valence-corrected chi connectivity index (χ3v) is 4.29. The van der Waals surface area contributed by atoms with Crippen molar-refractivity contribution in [2.75, 3.05) is 24.2 Å². The highest BCUT2D eigenvalue weighted by Crippen LogP contribution is 2.38. The molecule has 0 fully saturated rings. The maximum absolute atomic E-state index is 6.12. The first-order valence-corrected chi connectivity index (χ1v) is 8.13. The van der Waals surface area contributed by atoms with Crippen LogP contribution in [0.25, 0.3) is 21.9 Å². The fourth-order valence-corrected chi connectivity index (χ4v) is 3.05. The number of fused-ring (bicyclic) bond motifs is 3. The maximum atomic E-state index is 6.12. The molecule has 0 bridgehead atoms. The summed E-state index contributed by atoms with van der Waals surface area (Å²) in [4.78, 5) is 2.32. The van der Waals surface area contributed by atoms with E-state index in [2.05, 4.69) is 31.0 Å². The van der Waals surface area contributed by atoms with Crippen LogP contribution < -0.4 is 10.6 Å². The molecule has 3 rings (SSSR count). The summed E-state index contributed by atoms with van der Waals surface area (Å²) in [6.07, 6.45) is 5.07. The lowest BCUT2D eigenvalue weighted by Crippen LogP contribution is -2.18. The van der Waals surface area contributed by atoms with E-state index in [0.29, 0.717) is 5.69 Å². The van der Waals surface area contributed by atoms with Crippen molar-refractivity contribution in [3.63, 3.8) is 0 Å². The van der Waals surface area contributed by atoms with Crippen molar-refractivity contribution < 1.29 is 4.42 Å². The Kier molecular flexibility index (Phi) is 4.23. The summed E-state index contributed by atoms with van der Waals surface area (Å²) in [5.41, 5.74) is 9.72. The Hall–Kier alpha value is -2.16. The van der Waals surface area contributed by atoms with Crippen LogP contribution in [-0.2, 0) is 0 Å². The lowest BCUT2D eigenvalue weighted by Gasteiger charge is -2.20. The molecule has 1 aromatic heterocycles. The third kappa shape index (κ3) is 2.63. The first kappa shape index (κ1) is 14.8. The van der Waals surface area contributed by atoms with Crippen molar-refractivity contribution >= 4 is 33.3 Å². The number of furan rings is 1. The van der Waals surface area contributed by atoms with Gasteiger partial charge in [0, 0.05) is 24.7 Å². The number of hydrogen-bond acceptors (Lipinski definition) is 3. The second kappa shape index (κ2) is 6.30. The molecule has 2 aromatic carbocycles. The Morgan fingerprint density at radius 1 is 1.05 bits per heavy atom. The summed E-state index contributed by atoms with van der Waals surface area (Å²) in [5.74, 6) is 0. The smallest absolute Gasteiger partial charge is 0.160 e. The molecule has 0 amide bonds. The van der Waals surface area contributed by atoms with E-state index in [9.17, 15) is 0 Å². The molecule has 0 atom stereocenters. The van der Waals surface area contributed by atoms with Gasteiger partial charge in [0.25, 0.3) is 0 Å². The molecule has 22 heavy (non-hydrogen) atoms. The second-order valence-corrected chi connectivity index (χ2v) is 5.96. The van der Waals surface area contributed by atoms with E-state index in [0.717, 1.165) is 28.5 Å². The number of unbranched alkanes of at least 4 members (excludes halogenated alkanes) is 3. The first-order valence-electron chi connectivity index (χ1n) is 8.13. The standard InChI is InChI=1S/C19H24N2O/c1-3-4-5-8-13-21(2)16-12-11-15(20)19-18(16)14-9-6-7-10-17(14)22-19/h6-7,9-12H,3-5,8,13,20H2,1-2H3. The number of nitrogens with two attached hydrogens (primary N) is 1. The highest BCUT2D eigenvalue weighted by molar-refractivity contribution is 6.14. The minimum atomic E-state index is 0.703. The van der Waals surface area contributed by atoms with E-state index in [-0.39, 0.29) is 0 Å². The van der Waals surface area contributed by atoms with Gasteiger partial charge in [-0.3, -0.25) is 0 Å². The minimum absolute atomic E-state index is 0.703. The van der Waals surface area contributed by atoms with Gasteiger partial charge in [0.1, 0.15) is 5.58 Å². The van der Waals surface area contributed by atoms with Gasteiger partial charge in [-0.05, 0) is 24.6 Å². The molecule has 0 aliphatic carbocycles. The lowest BCUT2D eigenvalue weighted by molar-refractivity contribution is 0.661. The number of nitrogen functional groups attached to an aromatic ring is 1. The zero-order chi connectivity index (χ0) is 15.5. The predicted octanol–water partition coefficient (Wildman–Crippen LogP) is 5.18. The summed E-state index contributed by atoms with van der Waals surface area (Å²) in [7, 11) is 2.15. The van der Waals surface area contributed by atoms with Crippen LogP contribution in [-0.4, -0.2) is 13.6 Å². The van der Waals surface area contributed by atoms with Crippen LogP contribution in [0.5, 0.6) is 0 Å². The van der Waals surface area contributed by atoms with E-state index in [1.54, 1.807) is 0 Å². The van der Waals surface area contributed by atoms with Crippen molar-refractivity contribution in [3.8, 4) is 0 Å². The van der Waals surface area contributed by atoms with Crippen LogP contribution in [0.1, 0.15) is 32.6 Å². The number of hydrogen-bond donors (Lipinski definition) is 1. The van der Waals surface area contributed by atoms with Crippen LogP contribution in [0, 0.1) is 0 Å². The van der Waals surface area contributed by atoms with Gasteiger partial charge in [-0.15, -0.1) is 0 Å². The van der Waals surface area contributed by atoms with Crippen LogP contribution in [0.15, 0.2) is 40.8 Å². The van der Waals surface area contributed by atoms with Crippen molar-refractivity contribution in [3.05, 3.63) is 36.4 Å². The number of para-hydroxylation sites is 1. The van der Waals surface area contributed by atoms with E-state index >= 15 is 0 Å². The zero-order valence-electron chi connectivity index (χ0n) is 13.4. The van der Waals surface area contributed by atoms with E-state index < -0.39 is 0 Å². The molecule has 0 saturated carbocycles. The number of benzene rings is 2. The van der Waals surface area contributed by atoms with E-state index in [4.69, 9.17) is 10.2 Å². The Morgan fingerprint density at radius 3 is 2.68 bits per heavy atom. The largest absolute Gasteiger partial charge is 0.454 e. The summed E-state index contributed by atoms with van der Waals surface area (Å²) < 4.78 is 5.97. The average Bonchev–Trinajstić information content (AvgIpc) is 2.92. The molecule has 2 N–H and O–H groups in total. The highest BCUT2D eigenvalue weighted by Gasteiger charge is 2.15. The molecule has 0 aliphatic heterocycles. The molecular formula is C19H24N2O. The van der Waals surface area contributed by atoms with Crippen molar-refractivity contribution in [1.29, 1.82) is 0 Å². The molecule has 3 nitrogen and oxygen atoms in total. The topological polar surface area (TPSA) is 42.4 Å². The van der Waals surface area contributed by atoms with Crippen molar-refractivity contribution in [1.82, 2.24) is 0 Å². The van der Waals surface area contributed by atoms with Crippen molar-refractivity contribution in [2.24, 2.45) is 0 Å². The van der Waals surface area contributed by atoms with Gasteiger partial charge in [-0.1, -0.05) is 44.4 Å². The predicted molar refractivity (Wildman–Crippen MR) is 95.5 cm³/mol. The Balaban J connectivity index is 2.00. The second-order valence-electron chi connectivity index (χ2n) is 5.96. The van der Waals surface area contributed by atoms with Gasteiger partial charge in [0.05, 0.1) is 11.1 Å². The molecule has 1 heterocycles. The Labute approximate surface area is 131 Å². The van der Waals surface area contributed by atoms with E-state index in [1.807, 2.05) is 24.3 Å². The summed E-state index contributed by atoms with van der Waals surface area (Å²) in [5, 5.41) is 2.27. The van der Waals surface area contributed by atoms with Gasteiger partial charge >= 0.3 is 0 Å². The molecule has 0 unspecified atom stereocenters. The number of anilines is 2. The van der Waals surface area contributed by atoms with Crippen molar-refractivity contribution in [2.45, 2.75) is 32.6 Å². The number of nitrogens with zero attached hydrogens (tertiary/aromatic N) is 1. The number of rotatable bonds is 6. The SMILES string of the molecule is CCCCCCN(C)c1ccc(N)c2oc3ccccc3c12.